The molecule has 0 rings (SSSR count). The molecule has 0 saturated heterocycles. The second-order valence-corrected chi connectivity index (χ2v) is 0. The third-order valence-electron chi connectivity index (χ3n) is 0. The van der Waals surface area contributed by atoms with Crippen LogP contribution in [-0.4, -0.2) is 0 Å². The quantitative estimate of drug-likeness (QED) is 0.547. The van der Waals surface area contributed by atoms with Crippen molar-refractivity contribution in [1.29, 1.82) is 0 Å². The van der Waals surface area contributed by atoms with E-state index in [9.17, 15) is 0 Å². The average molecular weight is 297 g/mol. The summed E-state index contributed by atoms with van der Waals surface area (Å²) in [6, 6.07) is 0. The summed E-state index contributed by atoms with van der Waals surface area (Å²) in [4.78, 5) is 0. The van der Waals surface area contributed by atoms with E-state index in [-0.39, 0.29) is 57.0 Å². The largest absolute Gasteiger partial charge is 2.00 e. The van der Waals surface area contributed by atoms with E-state index < -0.39 is 0 Å². The van der Waals surface area contributed by atoms with Crippen LogP contribution in [-0.2, 0) is 57.0 Å². The van der Waals surface area contributed by atoms with Crippen LogP contribution in [0.25, 0.3) is 0 Å². The molecular formula is O3WZn-4. The zero-order valence-corrected chi connectivity index (χ0v) is 8.24. The minimum absolute atomic E-state index is 0. The van der Waals surface area contributed by atoms with Crippen molar-refractivity contribution in [2.45, 2.75) is 0 Å². The maximum absolute atomic E-state index is 0. The zero-order chi connectivity index (χ0) is 0. The van der Waals surface area contributed by atoms with Crippen LogP contribution >= 0.6 is 0 Å². The maximum atomic E-state index is 0. The first-order valence-corrected chi connectivity index (χ1v) is 0. The average Bonchev–Trinajstić information content (AvgIpc) is 0. The van der Waals surface area contributed by atoms with Gasteiger partial charge in [0.25, 0.3) is 0 Å². The Morgan fingerprint density at radius 2 is 0.600 bits per heavy atom. The molecule has 0 spiro atoms. The van der Waals surface area contributed by atoms with Crippen molar-refractivity contribution in [2.75, 3.05) is 0 Å². The predicted octanol–water partition coefficient (Wildman–Crippen LogP) is -0.361. The van der Waals surface area contributed by atoms with E-state index in [0.29, 0.717) is 0 Å². The van der Waals surface area contributed by atoms with E-state index in [0.717, 1.165) is 0 Å². The van der Waals surface area contributed by atoms with Crippen LogP contribution in [0.2, 0.25) is 0 Å². The molecule has 30 valence electrons. The summed E-state index contributed by atoms with van der Waals surface area (Å²) < 4.78 is 0. The summed E-state index contributed by atoms with van der Waals surface area (Å²) in [5.74, 6) is 0. The molecule has 0 aliphatic carbocycles. The molecule has 0 aromatic carbocycles. The Morgan fingerprint density at radius 1 is 0.600 bits per heavy atom. The molecule has 0 aromatic rings. The van der Waals surface area contributed by atoms with Gasteiger partial charge in [-0.25, -0.2) is 0 Å². The molecule has 0 aromatic heterocycles. The Labute approximate surface area is 57.1 Å². The van der Waals surface area contributed by atoms with Gasteiger partial charge in [0, 0.05) is 21.1 Å². The van der Waals surface area contributed by atoms with Crippen LogP contribution in [0.3, 0.4) is 0 Å². The summed E-state index contributed by atoms with van der Waals surface area (Å²) in [6.45, 7) is 0. The fourth-order valence-electron chi connectivity index (χ4n) is 0. The molecule has 3 nitrogen and oxygen atoms in total. The van der Waals surface area contributed by atoms with Gasteiger partial charge in [-0.05, 0) is 0 Å². The first-order chi connectivity index (χ1) is 0. The van der Waals surface area contributed by atoms with Gasteiger partial charge < -0.3 is 16.4 Å². The molecule has 0 heterocycles. The van der Waals surface area contributed by atoms with Crippen molar-refractivity contribution in [3.8, 4) is 0 Å². The molecule has 0 unspecified atom stereocenters. The Bertz CT molecular complexity index is 6.85. The maximum Gasteiger partial charge on any atom is 2.00 e. The van der Waals surface area contributed by atoms with Crippen molar-refractivity contribution >= 4 is 0 Å². The molecule has 5 heavy (non-hydrogen) atoms. The fraction of sp³-hybridized carbons (Fsp3) is 0. The van der Waals surface area contributed by atoms with Crippen molar-refractivity contribution in [3.05, 3.63) is 0 Å². The Balaban J connectivity index is 0. The van der Waals surface area contributed by atoms with E-state index in [1.807, 2.05) is 0 Å². The topological polar surface area (TPSA) is 85.5 Å². The summed E-state index contributed by atoms with van der Waals surface area (Å²) in [5, 5.41) is 0. The monoisotopic (exact) mass is 296 g/mol. The Hall–Kier alpha value is 1.19. The van der Waals surface area contributed by atoms with E-state index in [2.05, 4.69) is 0 Å². The van der Waals surface area contributed by atoms with E-state index in [1.165, 1.54) is 0 Å². The molecular weight excluding hydrogens is 297 g/mol. The standard InChI is InChI=1S/3O.W.Zn/q3*-2;;+2. The molecule has 0 N–H and O–H groups in total. The summed E-state index contributed by atoms with van der Waals surface area (Å²) in [6.07, 6.45) is 0. The zero-order valence-electron chi connectivity index (χ0n) is 2.34. The van der Waals surface area contributed by atoms with E-state index >= 15 is 0 Å². The van der Waals surface area contributed by atoms with E-state index in [1.54, 1.807) is 0 Å². The Morgan fingerprint density at radius 3 is 0.600 bits per heavy atom. The normalized spacial score (nSPS) is 0. The van der Waals surface area contributed by atoms with Crippen LogP contribution in [0.5, 0.6) is 0 Å². The van der Waals surface area contributed by atoms with Gasteiger partial charge in [-0.2, -0.15) is 0 Å². The van der Waals surface area contributed by atoms with Crippen molar-refractivity contribution in [2.24, 2.45) is 0 Å². The van der Waals surface area contributed by atoms with Gasteiger partial charge in [0.15, 0.2) is 0 Å². The smallest absolute Gasteiger partial charge is 2.00 e. The summed E-state index contributed by atoms with van der Waals surface area (Å²) >= 11 is 0. The molecule has 0 fully saturated rings. The van der Waals surface area contributed by atoms with Gasteiger partial charge in [0.1, 0.15) is 0 Å². The van der Waals surface area contributed by atoms with Crippen molar-refractivity contribution < 1.29 is 57.0 Å². The SMILES string of the molecule is [O-2].[O-2].[O-2].[W].[Zn+2]. The van der Waals surface area contributed by atoms with Gasteiger partial charge in [0.2, 0.25) is 0 Å². The fourth-order valence-corrected chi connectivity index (χ4v) is 0. The van der Waals surface area contributed by atoms with Gasteiger partial charge in [-0.1, -0.05) is 0 Å². The predicted molar refractivity (Wildman–Crippen MR) is 2.06 cm³/mol. The third kappa shape index (κ3) is 37.2. The molecule has 0 aliphatic heterocycles. The Kier molecular flexibility index (Phi) is 1510. The second-order valence-electron chi connectivity index (χ2n) is 0. The van der Waals surface area contributed by atoms with Crippen LogP contribution in [0, 0.1) is 0 Å². The molecule has 0 atom stereocenters. The first kappa shape index (κ1) is 118. The van der Waals surface area contributed by atoms with Gasteiger partial charge in [-0.3, -0.25) is 0 Å². The molecule has 0 bridgehead atoms. The van der Waals surface area contributed by atoms with Crippen LogP contribution in [0.1, 0.15) is 0 Å². The van der Waals surface area contributed by atoms with Crippen LogP contribution < -0.4 is 0 Å². The number of rotatable bonds is 0. The molecule has 0 radical (unpaired) electrons. The summed E-state index contributed by atoms with van der Waals surface area (Å²) in [7, 11) is 0. The first-order valence-electron chi connectivity index (χ1n) is 0. The van der Waals surface area contributed by atoms with Crippen LogP contribution in [0.4, 0.5) is 0 Å². The molecule has 0 saturated carbocycles. The van der Waals surface area contributed by atoms with Gasteiger partial charge in [-0.15, -0.1) is 0 Å². The van der Waals surface area contributed by atoms with E-state index in [4.69, 9.17) is 0 Å². The second kappa shape index (κ2) is 64.2. The summed E-state index contributed by atoms with van der Waals surface area (Å²) in [5.41, 5.74) is 0. The van der Waals surface area contributed by atoms with Crippen molar-refractivity contribution in [1.82, 2.24) is 0 Å². The van der Waals surface area contributed by atoms with Crippen molar-refractivity contribution in [3.63, 3.8) is 0 Å². The minimum atomic E-state index is 0. The molecule has 0 amide bonds. The van der Waals surface area contributed by atoms with Gasteiger partial charge >= 0.3 is 19.5 Å². The molecule has 0 aliphatic rings. The minimum Gasteiger partial charge on any atom is -2.00 e. The van der Waals surface area contributed by atoms with Gasteiger partial charge in [0.05, 0.1) is 0 Å². The van der Waals surface area contributed by atoms with Crippen LogP contribution in [0.15, 0.2) is 0 Å². The third-order valence-corrected chi connectivity index (χ3v) is 0. The number of hydrogen-bond acceptors (Lipinski definition) is 0. The molecule has 5 heteroatoms. The number of hydrogen-bond donors (Lipinski definition) is 0.